The van der Waals surface area contributed by atoms with E-state index in [4.69, 9.17) is 18.9 Å². The number of fused-ring (bicyclic) bond motifs is 2. The van der Waals surface area contributed by atoms with Crippen LogP contribution in [0.4, 0.5) is 0 Å². The zero-order valence-electron chi connectivity index (χ0n) is 27.2. The number of hydrogen-bond acceptors (Lipinski definition) is 4. The highest BCUT2D eigenvalue weighted by Gasteiger charge is 2.22. The molecule has 0 amide bonds. The first-order valence-corrected chi connectivity index (χ1v) is 17.3. The average Bonchev–Trinajstić information content (AvgIpc) is 3.01. The fourth-order valence-corrected chi connectivity index (χ4v) is 5.55. The van der Waals surface area contributed by atoms with Crippen LogP contribution in [0.1, 0.15) is 130 Å². The van der Waals surface area contributed by atoms with E-state index in [-0.39, 0.29) is 0 Å². The van der Waals surface area contributed by atoms with Gasteiger partial charge in [-0.1, -0.05) is 129 Å². The van der Waals surface area contributed by atoms with E-state index in [9.17, 15) is 0 Å². The van der Waals surface area contributed by atoms with Crippen molar-refractivity contribution in [2.24, 2.45) is 0 Å². The van der Waals surface area contributed by atoms with Crippen LogP contribution in [-0.2, 0) is 0 Å². The third-order valence-corrected chi connectivity index (χ3v) is 8.00. The molecular weight excluding hydrogens is 520 g/mol. The highest BCUT2D eigenvalue weighted by Crippen LogP contribution is 2.49. The number of unbranched alkanes of at least 4 members (excludes halogenated alkanes) is 12. The van der Waals surface area contributed by atoms with E-state index in [2.05, 4.69) is 64.1 Å². The summed E-state index contributed by atoms with van der Waals surface area (Å²) in [6.45, 7) is 11.8. The standard InChI is InChI=1S/C38H58O4/c1-5-9-13-17-27-39-33-25-21-23-31-35(33)37(41-29-19-15-11-7-3)32-24-22-26-34(40-28-18-14-10-6-2)36(32)38(31)42-30-20-16-12-8-4/h21-26H,5-20,27-30H2,1-4H3. The van der Waals surface area contributed by atoms with Crippen LogP contribution < -0.4 is 18.9 Å². The topological polar surface area (TPSA) is 36.9 Å². The van der Waals surface area contributed by atoms with Gasteiger partial charge in [0.15, 0.2) is 0 Å². The molecule has 3 aromatic carbocycles. The molecule has 0 aliphatic heterocycles. The molecular formula is C38H58O4. The quantitative estimate of drug-likeness (QED) is 0.0782. The van der Waals surface area contributed by atoms with Crippen LogP contribution in [0.15, 0.2) is 36.4 Å². The Kier molecular flexibility index (Phi) is 16.4. The second-order valence-corrected chi connectivity index (χ2v) is 11.7. The first-order valence-electron chi connectivity index (χ1n) is 17.3. The second-order valence-electron chi connectivity index (χ2n) is 11.7. The maximum atomic E-state index is 6.70. The Morgan fingerprint density at radius 2 is 0.714 bits per heavy atom. The Balaban J connectivity index is 2.08. The third-order valence-electron chi connectivity index (χ3n) is 8.00. The summed E-state index contributed by atoms with van der Waals surface area (Å²) in [5.74, 6) is 3.57. The van der Waals surface area contributed by atoms with Crippen LogP contribution in [0, 0.1) is 0 Å². The minimum atomic E-state index is 0.689. The van der Waals surface area contributed by atoms with E-state index < -0.39 is 0 Å². The van der Waals surface area contributed by atoms with Gasteiger partial charge in [-0.15, -0.1) is 0 Å². The van der Waals surface area contributed by atoms with Crippen molar-refractivity contribution in [3.8, 4) is 23.0 Å². The van der Waals surface area contributed by atoms with Gasteiger partial charge in [-0.25, -0.2) is 0 Å². The minimum Gasteiger partial charge on any atom is -0.493 e. The van der Waals surface area contributed by atoms with Crippen molar-refractivity contribution in [3.05, 3.63) is 36.4 Å². The summed E-state index contributed by atoms with van der Waals surface area (Å²) in [7, 11) is 0. The maximum absolute atomic E-state index is 6.70. The first-order chi connectivity index (χ1) is 20.8. The van der Waals surface area contributed by atoms with Crippen LogP contribution in [0.2, 0.25) is 0 Å². The molecule has 0 fully saturated rings. The van der Waals surface area contributed by atoms with Crippen molar-refractivity contribution in [1.29, 1.82) is 0 Å². The Morgan fingerprint density at radius 1 is 0.381 bits per heavy atom. The van der Waals surface area contributed by atoms with E-state index in [1.54, 1.807) is 0 Å². The molecule has 4 nitrogen and oxygen atoms in total. The number of rotatable bonds is 24. The molecule has 0 radical (unpaired) electrons. The predicted molar refractivity (Wildman–Crippen MR) is 180 cm³/mol. The molecule has 3 rings (SSSR count). The normalized spacial score (nSPS) is 11.3. The van der Waals surface area contributed by atoms with Crippen molar-refractivity contribution in [2.75, 3.05) is 26.4 Å². The summed E-state index contributed by atoms with van der Waals surface area (Å²) in [6.07, 6.45) is 18.8. The molecule has 0 heterocycles. The number of ether oxygens (including phenoxy) is 4. The summed E-state index contributed by atoms with van der Waals surface area (Å²) < 4.78 is 26.4. The van der Waals surface area contributed by atoms with Crippen molar-refractivity contribution >= 4 is 21.5 Å². The number of benzene rings is 3. The highest BCUT2D eigenvalue weighted by atomic mass is 16.5. The van der Waals surface area contributed by atoms with Gasteiger partial charge in [0.1, 0.15) is 23.0 Å². The van der Waals surface area contributed by atoms with E-state index >= 15 is 0 Å². The van der Waals surface area contributed by atoms with Crippen LogP contribution >= 0.6 is 0 Å². The first kappa shape index (κ1) is 33.9. The molecule has 0 aromatic heterocycles. The molecule has 234 valence electrons. The summed E-state index contributed by atoms with van der Waals surface area (Å²) in [5, 5.41) is 4.16. The fourth-order valence-electron chi connectivity index (χ4n) is 5.55. The molecule has 0 spiro atoms. The van der Waals surface area contributed by atoms with Gasteiger partial charge in [0.2, 0.25) is 0 Å². The van der Waals surface area contributed by atoms with Gasteiger partial charge >= 0.3 is 0 Å². The summed E-state index contributed by atoms with van der Waals surface area (Å²) in [4.78, 5) is 0. The predicted octanol–water partition coefficient (Wildman–Crippen LogP) is 11.8. The van der Waals surface area contributed by atoms with E-state index in [0.717, 1.165) is 70.2 Å². The summed E-state index contributed by atoms with van der Waals surface area (Å²) in [5.41, 5.74) is 0. The van der Waals surface area contributed by atoms with Crippen LogP contribution in [0.25, 0.3) is 21.5 Å². The van der Waals surface area contributed by atoms with Gasteiger partial charge in [-0.2, -0.15) is 0 Å². The van der Waals surface area contributed by atoms with Crippen LogP contribution in [0.3, 0.4) is 0 Å². The Labute approximate surface area is 256 Å². The fraction of sp³-hybridized carbons (Fsp3) is 0.632. The lowest BCUT2D eigenvalue weighted by Gasteiger charge is -2.22. The van der Waals surface area contributed by atoms with Crippen molar-refractivity contribution in [2.45, 2.75) is 130 Å². The smallest absolute Gasteiger partial charge is 0.139 e. The lowest BCUT2D eigenvalue weighted by molar-refractivity contribution is 0.294. The van der Waals surface area contributed by atoms with Crippen molar-refractivity contribution in [3.63, 3.8) is 0 Å². The zero-order chi connectivity index (χ0) is 29.8. The molecule has 4 heteroatoms. The maximum Gasteiger partial charge on any atom is 0.139 e. The van der Waals surface area contributed by atoms with Crippen LogP contribution in [-0.4, -0.2) is 26.4 Å². The third kappa shape index (κ3) is 10.3. The molecule has 0 atom stereocenters. The van der Waals surface area contributed by atoms with Crippen LogP contribution in [0.5, 0.6) is 23.0 Å². The van der Waals surface area contributed by atoms with E-state index in [0.29, 0.717) is 26.4 Å². The molecule has 42 heavy (non-hydrogen) atoms. The lowest BCUT2D eigenvalue weighted by atomic mass is 9.98. The second kappa shape index (κ2) is 20.3. The molecule has 0 saturated heterocycles. The van der Waals surface area contributed by atoms with Crippen molar-refractivity contribution in [1.82, 2.24) is 0 Å². The van der Waals surface area contributed by atoms with Crippen molar-refractivity contribution < 1.29 is 18.9 Å². The average molecular weight is 579 g/mol. The van der Waals surface area contributed by atoms with Gasteiger partial charge in [0.05, 0.1) is 37.2 Å². The molecule has 0 aliphatic rings. The van der Waals surface area contributed by atoms with E-state index in [1.807, 2.05) is 0 Å². The monoisotopic (exact) mass is 578 g/mol. The van der Waals surface area contributed by atoms with Gasteiger partial charge in [-0.3, -0.25) is 0 Å². The van der Waals surface area contributed by atoms with Gasteiger partial charge in [0, 0.05) is 10.8 Å². The van der Waals surface area contributed by atoms with Gasteiger partial charge in [-0.05, 0) is 37.8 Å². The van der Waals surface area contributed by atoms with E-state index in [1.165, 1.54) is 77.0 Å². The molecule has 0 unspecified atom stereocenters. The Morgan fingerprint density at radius 3 is 1.05 bits per heavy atom. The largest absolute Gasteiger partial charge is 0.493 e. The molecule has 3 aromatic rings. The SMILES string of the molecule is CCCCCCOc1cccc2c(OCCCCCC)c3c(OCCCCCC)cccc3c(OCCCCCC)c12. The Bertz CT molecular complexity index is 1060. The highest BCUT2D eigenvalue weighted by molar-refractivity contribution is 6.15. The Hall–Kier alpha value is -2.62. The minimum absolute atomic E-state index is 0.689. The molecule has 0 bridgehead atoms. The lowest BCUT2D eigenvalue weighted by Crippen LogP contribution is -2.05. The van der Waals surface area contributed by atoms with Gasteiger partial charge < -0.3 is 18.9 Å². The zero-order valence-corrected chi connectivity index (χ0v) is 27.2. The molecule has 0 saturated carbocycles. The van der Waals surface area contributed by atoms with Gasteiger partial charge in [0.25, 0.3) is 0 Å². The molecule has 0 N–H and O–H groups in total. The summed E-state index contributed by atoms with van der Waals surface area (Å²) in [6, 6.07) is 12.7. The summed E-state index contributed by atoms with van der Waals surface area (Å²) >= 11 is 0. The molecule has 0 aliphatic carbocycles. The number of hydrogen-bond donors (Lipinski definition) is 0.